The van der Waals surface area contributed by atoms with Crippen molar-refractivity contribution < 1.29 is 46.8 Å². The highest BCUT2D eigenvalue weighted by Crippen LogP contribution is 2.55. The van der Waals surface area contributed by atoms with E-state index in [0.29, 0.717) is 5.56 Å². The summed E-state index contributed by atoms with van der Waals surface area (Å²) in [6.45, 7) is -5.99. The quantitative estimate of drug-likeness (QED) is 0.110. The molecule has 0 radical (unpaired) electrons. The minimum atomic E-state index is -4.13. The number of aromatic amines is 1. The number of carbonyl (C=O) groups excluding carboxylic acids is 1. The summed E-state index contributed by atoms with van der Waals surface area (Å²) >= 11 is 5.49. The number of anilines is 1. The number of imidazole rings is 1. The number of halogens is 2. The van der Waals surface area contributed by atoms with Gasteiger partial charge in [0.25, 0.3) is 11.5 Å². The van der Waals surface area contributed by atoms with Gasteiger partial charge in [-0.15, -0.1) is 0 Å². The van der Waals surface area contributed by atoms with Gasteiger partial charge in [0.1, 0.15) is 30.7 Å². The van der Waals surface area contributed by atoms with E-state index in [1.54, 1.807) is 30.3 Å². The first kappa shape index (κ1) is 36.4. The van der Waals surface area contributed by atoms with E-state index in [1.165, 1.54) is 10.9 Å². The highest BCUT2D eigenvalue weighted by molar-refractivity contribution is 8.07. The van der Waals surface area contributed by atoms with Crippen molar-refractivity contribution in [1.29, 1.82) is 5.26 Å². The molecule has 2 aliphatic rings. The molecule has 4 aromatic rings. The van der Waals surface area contributed by atoms with Crippen LogP contribution in [0.5, 0.6) is 0 Å². The molecule has 2 aliphatic heterocycles. The largest absolute Gasteiger partial charge is 0.394 e. The Bertz CT molecular complexity index is 2080. The third-order valence-corrected chi connectivity index (χ3v) is 10.2. The fraction of sp³-hybridized carbons (Fsp3) is 0.414. The second-order valence-electron chi connectivity index (χ2n) is 11.1. The number of nitrogens with zero attached hydrogens (tertiary/aromatic N) is 6. The summed E-state index contributed by atoms with van der Waals surface area (Å²) in [5.41, 5.74) is -1.14. The number of alkyl halides is 2. The van der Waals surface area contributed by atoms with Gasteiger partial charge in [-0.2, -0.15) is 5.26 Å². The molecule has 1 amide bonds. The molecule has 0 bridgehead atoms. The Morgan fingerprint density at radius 1 is 1.08 bits per heavy atom. The molecule has 2 fully saturated rings. The van der Waals surface area contributed by atoms with Gasteiger partial charge in [0.05, 0.1) is 38.6 Å². The van der Waals surface area contributed by atoms with Crippen molar-refractivity contribution in [2.45, 2.75) is 55.6 Å². The third-order valence-electron chi connectivity index (χ3n) is 7.87. The van der Waals surface area contributed by atoms with Gasteiger partial charge < -0.3 is 34.1 Å². The molecule has 9 unspecified atom stereocenters. The summed E-state index contributed by atoms with van der Waals surface area (Å²) in [6, 6.07) is 11.2. The first-order valence-corrected chi connectivity index (χ1v) is 17.8. The number of H-pyrrole nitrogens is 1. The molecule has 9 atom stereocenters. The van der Waals surface area contributed by atoms with Gasteiger partial charge in [-0.05, 0) is 23.9 Å². The summed E-state index contributed by atoms with van der Waals surface area (Å²) in [5.74, 6) is -0.414. The summed E-state index contributed by atoms with van der Waals surface area (Å²) in [5, 5.41) is 32.2. The monoisotopic (exact) mass is 750 g/mol. The number of nitriles is 1. The molecule has 5 heterocycles. The molecular weight excluding hydrogens is 721 g/mol. The molecule has 6 rings (SSSR count). The molecular formula is C29H29F2N8O10PS. The van der Waals surface area contributed by atoms with E-state index in [-0.39, 0.29) is 30.0 Å². The Morgan fingerprint density at radius 2 is 1.84 bits per heavy atom. The smallest absolute Gasteiger partial charge is 0.330 e. The Hall–Kier alpha value is -4.36. The molecule has 1 aromatic carbocycles. The molecule has 270 valence electrons. The van der Waals surface area contributed by atoms with Crippen LogP contribution in [-0.4, -0.2) is 102 Å². The zero-order valence-electron chi connectivity index (χ0n) is 26.1. The standard InChI is InChI=1S/C29H29F2N8O10PS/c30-19-17(48-27(22(19)42)39-14-35-21-24(33-13-34-25(21)39)37-26(43)15-5-2-1-3-6-15)12-46-50(51,45-10-4-8-32)49-23-20(31)16(11-40)47-28(23)38-9-7-18(41)36-29(38)44/h1-3,5-7,9,13-14,16-17,19-20,22-23,27-28,40,42H,4,10-12H2,(H,36,41,44)(H,33,34,37,43). The van der Waals surface area contributed by atoms with Crippen molar-refractivity contribution in [3.05, 3.63) is 81.7 Å². The lowest BCUT2D eigenvalue weighted by molar-refractivity contribution is -0.0595. The predicted octanol–water partition coefficient (Wildman–Crippen LogP) is 1.01. The highest BCUT2D eigenvalue weighted by Gasteiger charge is 2.51. The lowest BCUT2D eigenvalue weighted by Gasteiger charge is -2.29. The molecule has 0 saturated carbocycles. The van der Waals surface area contributed by atoms with Crippen molar-refractivity contribution in [3.8, 4) is 6.07 Å². The van der Waals surface area contributed by atoms with Crippen molar-refractivity contribution in [1.82, 2.24) is 29.1 Å². The highest BCUT2D eigenvalue weighted by atomic mass is 32.5. The molecule has 0 spiro atoms. The van der Waals surface area contributed by atoms with Crippen LogP contribution in [0.1, 0.15) is 29.2 Å². The number of rotatable bonds is 13. The average Bonchev–Trinajstić information content (AvgIpc) is 3.78. The summed E-state index contributed by atoms with van der Waals surface area (Å²) in [6.07, 6.45) is -10.4. The fourth-order valence-electron chi connectivity index (χ4n) is 5.39. The zero-order chi connectivity index (χ0) is 36.3. The second kappa shape index (κ2) is 15.5. The predicted molar refractivity (Wildman–Crippen MR) is 173 cm³/mol. The molecule has 0 aliphatic carbocycles. The van der Waals surface area contributed by atoms with Crippen molar-refractivity contribution >= 4 is 41.4 Å². The van der Waals surface area contributed by atoms with Crippen LogP contribution in [0.2, 0.25) is 0 Å². The zero-order valence-corrected chi connectivity index (χ0v) is 27.8. The van der Waals surface area contributed by atoms with E-state index < -0.39 is 86.3 Å². The maximum absolute atomic E-state index is 15.6. The number of aliphatic hydroxyl groups is 2. The van der Waals surface area contributed by atoms with Crippen LogP contribution >= 0.6 is 6.72 Å². The van der Waals surface area contributed by atoms with E-state index in [1.807, 2.05) is 11.1 Å². The minimum Gasteiger partial charge on any atom is -0.394 e. The number of aliphatic hydroxyl groups excluding tert-OH is 2. The summed E-state index contributed by atoms with van der Waals surface area (Å²) < 4.78 is 61.6. The number of ether oxygens (including phenoxy) is 2. The number of hydrogen-bond donors (Lipinski definition) is 4. The SMILES string of the molecule is N#CCCOP(=S)(OCC1OC(n2cnc3c(NC(=O)c4ccccc4)ncnc32)C(O)C1F)OC1C(F)C(CO)OC1n1ccc(=O)[nH]c1=O. The minimum absolute atomic E-state index is 0.0528. The lowest BCUT2D eigenvalue weighted by Crippen LogP contribution is -2.38. The van der Waals surface area contributed by atoms with E-state index in [9.17, 15) is 24.6 Å². The normalized spacial score (nSPS) is 27.3. The van der Waals surface area contributed by atoms with Crippen molar-refractivity contribution in [3.63, 3.8) is 0 Å². The number of nitrogens with one attached hydrogen (secondary N) is 2. The van der Waals surface area contributed by atoms with E-state index in [0.717, 1.165) is 23.2 Å². The summed E-state index contributed by atoms with van der Waals surface area (Å²) in [4.78, 5) is 51.3. The van der Waals surface area contributed by atoms with Gasteiger partial charge in [0.2, 0.25) is 0 Å². The summed E-state index contributed by atoms with van der Waals surface area (Å²) in [7, 11) is 0. The Kier molecular flexibility index (Phi) is 11.1. The first-order chi connectivity index (χ1) is 24.5. The van der Waals surface area contributed by atoms with Gasteiger partial charge in [0.15, 0.2) is 41.8 Å². The van der Waals surface area contributed by atoms with Crippen molar-refractivity contribution in [2.75, 3.05) is 25.1 Å². The van der Waals surface area contributed by atoms with Crippen LogP contribution in [0.25, 0.3) is 11.2 Å². The van der Waals surface area contributed by atoms with E-state index in [4.69, 9.17) is 40.1 Å². The third kappa shape index (κ3) is 7.64. The Labute approximate surface area is 290 Å². The van der Waals surface area contributed by atoms with Crippen LogP contribution in [0, 0.1) is 11.3 Å². The van der Waals surface area contributed by atoms with Crippen LogP contribution in [0.15, 0.2) is 64.8 Å². The van der Waals surface area contributed by atoms with Gasteiger partial charge in [0, 0.05) is 17.8 Å². The van der Waals surface area contributed by atoms with Gasteiger partial charge in [-0.1, -0.05) is 18.2 Å². The number of hydrogen-bond acceptors (Lipinski definition) is 15. The molecule has 22 heteroatoms. The van der Waals surface area contributed by atoms with Gasteiger partial charge >= 0.3 is 12.4 Å². The van der Waals surface area contributed by atoms with Crippen LogP contribution in [-0.2, 0) is 34.9 Å². The van der Waals surface area contributed by atoms with Crippen LogP contribution < -0.4 is 16.6 Å². The maximum atomic E-state index is 15.6. The van der Waals surface area contributed by atoms with E-state index in [2.05, 4.69) is 20.3 Å². The second-order valence-corrected chi connectivity index (χ2v) is 14.1. The van der Waals surface area contributed by atoms with Crippen LogP contribution in [0.3, 0.4) is 0 Å². The molecule has 18 nitrogen and oxygen atoms in total. The van der Waals surface area contributed by atoms with Crippen molar-refractivity contribution in [2.24, 2.45) is 0 Å². The van der Waals surface area contributed by atoms with Crippen LogP contribution in [0.4, 0.5) is 14.6 Å². The fourth-order valence-corrected chi connectivity index (χ4v) is 7.46. The van der Waals surface area contributed by atoms with Gasteiger partial charge in [-0.25, -0.2) is 28.5 Å². The Balaban J connectivity index is 1.20. The maximum Gasteiger partial charge on any atom is 0.330 e. The van der Waals surface area contributed by atoms with E-state index >= 15 is 8.78 Å². The number of benzene rings is 1. The molecule has 2 saturated heterocycles. The lowest BCUT2D eigenvalue weighted by atomic mass is 10.1. The number of aromatic nitrogens is 6. The first-order valence-electron chi connectivity index (χ1n) is 15.2. The molecule has 3 aromatic heterocycles. The number of carbonyl (C=O) groups is 1. The number of fused-ring (bicyclic) bond motifs is 1. The number of amides is 1. The topological polar surface area (TPSA) is 238 Å². The van der Waals surface area contributed by atoms with Gasteiger partial charge in [-0.3, -0.25) is 28.2 Å². The Morgan fingerprint density at radius 3 is 2.57 bits per heavy atom. The average molecular weight is 751 g/mol. The molecule has 51 heavy (non-hydrogen) atoms. The molecule has 4 N–H and O–H groups in total.